The molecule has 0 fully saturated rings. The minimum absolute atomic E-state index is 0.0670. The van der Waals surface area contributed by atoms with Gasteiger partial charge in [-0.25, -0.2) is 9.18 Å². The van der Waals surface area contributed by atoms with Crippen molar-refractivity contribution >= 4 is 11.1 Å². The van der Waals surface area contributed by atoms with Crippen LogP contribution in [-0.2, 0) is 13.1 Å². The summed E-state index contributed by atoms with van der Waals surface area (Å²) in [6.45, 7) is 0.164. The molecule has 0 unspecified atom stereocenters. The third-order valence-corrected chi connectivity index (χ3v) is 5.59. The van der Waals surface area contributed by atoms with Crippen LogP contribution in [0.4, 0.5) is 4.39 Å². The van der Waals surface area contributed by atoms with Crippen LogP contribution in [0.1, 0.15) is 11.1 Å². The van der Waals surface area contributed by atoms with E-state index in [1.54, 1.807) is 43.6 Å². The molecule has 9 heteroatoms. The van der Waals surface area contributed by atoms with E-state index in [2.05, 4.69) is 10.2 Å². The van der Waals surface area contributed by atoms with Gasteiger partial charge in [0.25, 0.3) is 0 Å². The average molecular weight is 460 g/mol. The molecule has 2 aromatic heterocycles. The standard InChI is InChI=1S/C25H21FN4O4/c1-32-19-10-8-17(22(12-19)33-2)14-29-24-21(34-25(29)31)11-9-18(23(24)26)15-30-27-13-20(28-30)16-6-4-3-5-7-16/h3-13H,14-15H2,1-2H3. The molecule has 0 N–H and O–H groups in total. The SMILES string of the molecule is COc1ccc(Cn2c(=O)oc3ccc(Cn4ncc(-c5ccccc5)n4)c(F)c32)c(OC)c1. The number of rotatable bonds is 7. The van der Waals surface area contributed by atoms with Crippen LogP contribution in [-0.4, -0.2) is 33.8 Å². The molecule has 172 valence electrons. The largest absolute Gasteiger partial charge is 0.497 e. The zero-order valence-electron chi connectivity index (χ0n) is 18.6. The zero-order valence-corrected chi connectivity index (χ0v) is 18.6. The second-order valence-corrected chi connectivity index (χ2v) is 7.64. The summed E-state index contributed by atoms with van der Waals surface area (Å²) in [6, 6.07) is 18.0. The molecular weight excluding hydrogens is 439 g/mol. The van der Waals surface area contributed by atoms with Gasteiger partial charge in [0, 0.05) is 22.8 Å². The van der Waals surface area contributed by atoms with Crippen molar-refractivity contribution in [2.75, 3.05) is 14.2 Å². The summed E-state index contributed by atoms with van der Waals surface area (Å²) >= 11 is 0. The highest BCUT2D eigenvalue weighted by Gasteiger charge is 2.19. The Labute approximate surface area is 193 Å². The lowest BCUT2D eigenvalue weighted by molar-refractivity contribution is 0.389. The summed E-state index contributed by atoms with van der Waals surface area (Å²) < 4.78 is 32.8. The van der Waals surface area contributed by atoms with Crippen molar-refractivity contribution in [2.24, 2.45) is 0 Å². The number of hydrogen-bond acceptors (Lipinski definition) is 6. The Kier molecular flexibility index (Phi) is 5.59. The lowest BCUT2D eigenvalue weighted by Gasteiger charge is -2.11. The van der Waals surface area contributed by atoms with Gasteiger partial charge in [-0.3, -0.25) is 4.57 Å². The molecule has 3 aromatic carbocycles. The van der Waals surface area contributed by atoms with Gasteiger partial charge in [-0.2, -0.15) is 15.0 Å². The van der Waals surface area contributed by atoms with Gasteiger partial charge in [-0.15, -0.1) is 0 Å². The normalized spacial score (nSPS) is 11.1. The molecule has 0 atom stereocenters. The first-order valence-electron chi connectivity index (χ1n) is 10.5. The third-order valence-electron chi connectivity index (χ3n) is 5.59. The smallest absolute Gasteiger partial charge is 0.420 e. The molecule has 0 spiro atoms. The van der Waals surface area contributed by atoms with E-state index in [0.717, 1.165) is 5.56 Å². The van der Waals surface area contributed by atoms with E-state index in [1.807, 2.05) is 30.3 Å². The van der Waals surface area contributed by atoms with Crippen LogP contribution in [0.15, 0.2) is 76.1 Å². The van der Waals surface area contributed by atoms with E-state index >= 15 is 4.39 Å². The minimum Gasteiger partial charge on any atom is -0.497 e. The van der Waals surface area contributed by atoms with Crippen LogP contribution in [0.25, 0.3) is 22.4 Å². The molecule has 5 aromatic rings. The van der Waals surface area contributed by atoms with Crippen molar-refractivity contribution in [3.63, 3.8) is 0 Å². The predicted molar refractivity (Wildman–Crippen MR) is 124 cm³/mol. The number of ether oxygens (including phenoxy) is 2. The van der Waals surface area contributed by atoms with Crippen molar-refractivity contribution in [1.29, 1.82) is 0 Å². The fourth-order valence-corrected chi connectivity index (χ4v) is 3.85. The van der Waals surface area contributed by atoms with E-state index in [0.29, 0.717) is 28.3 Å². The molecule has 0 radical (unpaired) electrons. The highest BCUT2D eigenvalue weighted by molar-refractivity contribution is 5.75. The van der Waals surface area contributed by atoms with Crippen LogP contribution in [0.2, 0.25) is 0 Å². The Bertz CT molecular complexity index is 1520. The molecule has 8 nitrogen and oxygen atoms in total. The van der Waals surface area contributed by atoms with Gasteiger partial charge in [0.1, 0.15) is 22.7 Å². The lowest BCUT2D eigenvalue weighted by atomic mass is 10.1. The zero-order chi connectivity index (χ0) is 23.7. The topological polar surface area (TPSA) is 84.3 Å². The van der Waals surface area contributed by atoms with Gasteiger partial charge in [0.15, 0.2) is 11.4 Å². The van der Waals surface area contributed by atoms with Gasteiger partial charge < -0.3 is 13.9 Å². The van der Waals surface area contributed by atoms with Crippen LogP contribution < -0.4 is 15.2 Å². The summed E-state index contributed by atoms with van der Waals surface area (Å²) in [5.74, 6) is -0.0895. The van der Waals surface area contributed by atoms with Gasteiger partial charge in [-0.05, 0) is 18.2 Å². The first-order valence-corrected chi connectivity index (χ1v) is 10.5. The van der Waals surface area contributed by atoms with E-state index in [4.69, 9.17) is 13.9 Å². The van der Waals surface area contributed by atoms with Crippen LogP contribution in [0.3, 0.4) is 0 Å². The number of hydrogen-bond donors (Lipinski definition) is 0. The van der Waals surface area contributed by atoms with Crippen molar-refractivity contribution in [3.8, 4) is 22.8 Å². The maximum absolute atomic E-state index is 15.6. The van der Waals surface area contributed by atoms with Gasteiger partial charge in [0.2, 0.25) is 0 Å². The summed E-state index contributed by atoms with van der Waals surface area (Å²) in [7, 11) is 3.07. The maximum Gasteiger partial charge on any atom is 0.420 e. The van der Waals surface area contributed by atoms with E-state index in [1.165, 1.54) is 16.5 Å². The molecule has 5 rings (SSSR count). The Morgan fingerprint density at radius 1 is 0.971 bits per heavy atom. The van der Waals surface area contributed by atoms with E-state index < -0.39 is 11.6 Å². The summed E-state index contributed by atoms with van der Waals surface area (Å²) in [5, 5.41) is 8.71. The van der Waals surface area contributed by atoms with Crippen molar-refractivity contribution in [3.05, 3.63) is 94.4 Å². The molecule has 2 heterocycles. The highest BCUT2D eigenvalue weighted by atomic mass is 19.1. The molecule has 0 amide bonds. The number of aromatic nitrogens is 4. The van der Waals surface area contributed by atoms with Crippen molar-refractivity contribution in [1.82, 2.24) is 19.6 Å². The van der Waals surface area contributed by atoms with Crippen LogP contribution in [0.5, 0.6) is 11.5 Å². The number of methoxy groups -OCH3 is 2. The number of nitrogens with zero attached hydrogens (tertiary/aromatic N) is 4. The summed E-state index contributed by atoms with van der Waals surface area (Å²) in [5.41, 5.74) is 2.86. The quantitative estimate of drug-likeness (QED) is 0.364. The minimum atomic E-state index is -0.660. The van der Waals surface area contributed by atoms with Crippen molar-refractivity contribution in [2.45, 2.75) is 13.1 Å². The second kappa shape index (κ2) is 8.86. The monoisotopic (exact) mass is 460 g/mol. The number of benzene rings is 3. The molecule has 0 aliphatic rings. The van der Waals surface area contributed by atoms with Crippen LogP contribution >= 0.6 is 0 Å². The molecule has 0 aliphatic heterocycles. The van der Waals surface area contributed by atoms with Crippen molar-refractivity contribution < 1.29 is 18.3 Å². The second-order valence-electron chi connectivity index (χ2n) is 7.64. The fourth-order valence-electron chi connectivity index (χ4n) is 3.85. The molecule has 0 saturated carbocycles. The van der Waals surface area contributed by atoms with E-state index in [-0.39, 0.29) is 24.2 Å². The van der Waals surface area contributed by atoms with Gasteiger partial charge in [-0.1, -0.05) is 36.4 Å². The first-order chi connectivity index (χ1) is 16.6. The van der Waals surface area contributed by atoms with Gasteiger partial charge >= 0.3 is 5.76 Å². The third kappa shape index (κ3) is 3.92. The molecule has 0 bridgehead atoms. The average Bonchev–Trinajstić information content (AvgIpc) is 3.46. The van der Waals surface area contributed by atoms with Crippen LogP contribution in [0, 0.1) is 5.82 Å². The Morgan fingerprint density at radius 3 is 2.53 bits per heavy atom. The van der Waals surface area contributed by atoms with Gasteiger partial charge in [0.05, 0.1) is 33.5 Å². The summed E-state index contributed by atoms with van der Waals surface area (Å²) in [6.07, 6.45) is 1.63. The Hall–Kier alpha value is -4.40. The Morgan fingerprint density at radius 2 is 1.76 bits per heavy atom. The summed E-state index contributed by atoms with van der Waals surface area (Å²) in [4.78, 5) is 14.0. The molecule has 34 heavy (non-hydrogen) atoms. The first kappa shape index (κ1) is 21.4. The number of oxazole rings is 1. The maximum atomic E-state index is 15.6. The van der Waals surface area contributed by atoms with E-state index in [9.17, 15) is 4.79 Å². The fraction of sp³-hybridized carbons (Fsp3) is 0.160. The molecular formula is C25H21FN4O4. The molecule has 0 aliphatic carbocycles. The molecule has 0 saturated heterocycles. The highest BCUT2D eigenvalue weighted by Crippen LogP contribution is 2.27. The lowest BCUT2D eigenvalue weighted by Crippen LogP contribution is -2.16. The predicted octanol–water partition coefficient (Wildman–Crippen LogP) is 4.11. The Balaban J connectivity index is 1.50. The number of halogens is 1. The number of fused-ring (bicyclic) bond motifs is 1.